The highest BCUT2D eigenvalue weighted by Crippen LogP contribution is 2.28. The molecule has 0 aromatic rings. The maximum atomic E-state index is 12.8. The van der Waals surface area contributed by atoms with E-state index in [0.29, 0.717) is 25.9 Å². The first-order valence-electron chi connectivity index (χ1n) is 10.7. The van der Waals surface area contributed by atoms with Crippen LogP contribution < -0.4 is 0 Å². The Kier molecular flexibility index (Phi) is 14.4. The molecule has 7 heteroatoms. The van der Waals surface area contributed by atoms with Gasteiger partial charge in [-0.05, 0) is 31.0 Å². The molecule has 0 spiro atoms. The Morgan fingerprint density at radius 3 is 1.79 bits per heavy atom. The second-order valence-corrected chi connectivity index (χ2v) is 11.1. The van der Waals surface area contributed by atoms with Crippen molar-refractivity contribution in [2.75, 3.05) is 6.61 Å². The van der Waals surface area contributed by atoms with Crippen LogP contribution in [0.1, 0.15) is 73.1 Å². The molecular formula is C21H38O6Si. The molecule has 0 amide bonds. The lowest BCUT2D eigenvalue weighted by molar-refractivity contribution is -0.160. The monoisotopic (exact) mass is 414 g/mol. The van der Waals surface area contributed by atoms with Crippen LogP contribution in [-0.2, 0) is 28.3 Å². The predicted octanol–water partition coefficient (Wildman–Crippen LogP) is 4.93. The van der Waals surface area contributed by atoms with Gasteiger partial charge in [-0.1, -0.05) is 60.3 Å². The van der Waals surface area contributed by atoms with Crippen LogP contribution in [0.4, 0.5) is 0 Å². The lowest BCUT2D eigenvalue weighted by Gasteiger charge is -2.32. The van der Waals surface area contributed by atoms with E-state index in [4.69, 9.17) is 13.9 Å². The molecule has 0 fully saturated rings. The quantitative estimate of drug-likeness (QED) is 0.215. The van der Waals surface area contributed by atoms with Crippen molar-refractivity contribution in [2.45, 2.75) is 97.4 Å². The Morgan fingerprint density at radius 1 is 0.786 bits per heavy atom. The van der Waals surface area contributed by atoms with Crippen molar-refractivity contribution >= 4 is 26.2 Å². The first-order chi connectivity index (χ1) is 13.4. The summed E-state index contributed by atoms with van der Waals surface area (Å²) in [5.74, 6) is -1.79. The van der Waals surface area contributed by atoms with Gasteiger partial charge in [-0.3, -0.25) is 0 Å². The Morgan fingerprint density at radius 2 is 1.32 bits per heavy atom. The summed E-state index contributed by atoms with van der Waals surface area (Å²) in [5.41, 5.74) is 0. The molecule has 0 aliphatic heterocycles. The molecule has 0 aromatic carbocycles. The van der Waals surface area contributed by atoms with Gasteiger partial charge in [0.05, 0.1) is 6.61 Å². The van der Waals surface area contributed by atoms with Gasteiger partial charge in [-0.25, -0.2) is 14.4 Å². The third-order valence-electron chi connectivity index (χ3n) is 4.31. The molecule has 0 N–H and O–H groups in total. The summed E-state index contributed by atoms with van der Waals surface area (Å²) in [6.45, 7) is 10.4. The van der Waals surface area contributed by atoms with Crippen LogP contribution in [0.3, 0.4) is 0 Å². The van der Waals surface area contributed by atoms with Crippen molar-refractivity contribution in [2.24, 2.45) is 0 Å². The van der Waals surface area contributed by atoms with Gasteiger partial charge in [-0.2, -0.15) is 0 Å². The summed E-state index contributed by atoms with van der Waals surface area (Å²) in [7, 11) is -2.19. The molecule has 0 rings (SSSR count). The topological polar surface area (TPSA) is 78.9 Å². The van der Waals surface area contributed by atoms with Crippen LogP contribution in [0.2, 0.25) is 18.1 Å². The number of esters is 2. The highest BCUT2D eigenvalue weighted by molar-refractivity contribution is 6.75. The first kappa shape index (κ1) is 26.4. The van der Waals surface area contributed by atoms with E-state index in [1.54, 1.807) is 0 Å². The van der Waals surface area contributed by atoms with E-state index in [1.807, 2.05) is 13.8 Å². The Labute approximate surface area is 171 Å². The Bertz CT molecular complexity index is 486. The second kappa shape index (κ2) is 15.3. The van der Waals surface area contributed by atoms with Crippen LogP contribution in [0.15, 0.2) is 12.2 Å². The second-order valence-electron chi connectivity index (χ2n) is 7.07. The van der Waals surface area contributed by atoms with Crippen molar-refractivity contribution in [3.8, 4) is 0 Å². The third-order valence-corrected chi connectivity index (χ3v) is 9.18. The number of hydrogen-bond donors (Lipinski definition) is 0. The van der Waals surface area contributed by atoms with Crippen LogP contribution >= 0.6 is 0 Å². The Hall–Kier alpha value is -1.63. The van der Waals surface area contributed by atoms with Crippen molar-refractivity contribution in [1.82, 2.24) is 0 Å². The van der Waals surface area contributed by atoms with Gasteiger partial charge in [0.15, 0.2) is 6.10 Å². The minimum Gasteiger partial charge on any atom is -0.516 e. The zero-order valence-corrected chi connectivity index (χ0v) is 19.3. The van der Waals surface area contributed by atoms with E-state index in [0.717, 1.165) is 49.5 Å². The first-order valence-corrected chi connectivity index (χ1v) is 13.2. The van der Waals surface area contributed by atoms with Gasteiger partial charge in [0.2, 0.25) is 0 Å². The molecule has 162 valence electrons. The van der Waals surface area contributed by atoms with Crippen LogP contribution in [0.25, 0.3) is 0 Å². The minimum atomic E-state index is -2.19. The largest absolute Gasteiger partial charge is 0.516 e. The Balaban J connectivity index is 5.07. The molecule has 28 heavy (non-hydrogen) atoms. The van der Waals surface area contributed by atoms with Crippen molar-refractivity contribution < 1.29 is 28.3 Å². The van der Waals surface area contributed by atoms with E-state index >= 15 is 0 Å². The molecule has 0 aliphatic carbocycles. The van der Waals surface area contributed by atoms with Crippen molar-refractivity contribution in [3.63, 3.8) is 0 Å². The molecule has 1 atom stereocenters. The summed E-state index contributed by atoms with van der Waals surface area (Å²) in [5, 5.41) is 0. The smallest absolute Gasteiger partial charge is 0.334 e. The summed E-state index contributed by atoms with van der Waals surface area (Å²) in [6, 6.07) is 2.78. The van der Waals surface area contributed by atoms with Crippen LogP contribution in [0, 0.1) is 0 Å². The van der Waals surface area contributed by atoms with Gasteiger partial charge >= 0.3 is 17.9 Å². The zero-order valence-electron chi connectivity index (χ0n) is 18.3. The van der Waals surface area contributed by atoms with E-state index in [9.17, 15) is 14.4 Å². The van der Waals surface area contributed by atoms with E-state index in [1.165, 1.54) is 0 Å². The average Bonchev–Trinajstić information content (AvgIpc) is 2.65. The lowest BCUT2D eigenvalue weighted by Crippen LogP contribution is -2.44. The number of rotatable bonds is 15. The highest BCUT2D eigenvalue weighted by Gasteiger charge is 2.38. The number of hydrogen-bond acceptors (Lipinski definition) is 6. The highest BCUT2D eigenvalue weighted by atomic mass is 28.4. The summed E-state index contributed by atoms with van der Waals surface area (Å²) in [6.07, 6.45) is 5.78. The molecular weight excluding hydrogens is 376 g/mol. The van der Waals surface area contributed by atoms with Gasteiger partial charge < -0.3 is 13.9 Å². The fourth-order valence-electron chi connectivity index (χ4n) is 3.23. The fourth-order valence-corrected chi connectivity index (χ4v) is 7.58. The standard InChI is InChI=1S/C21H38O6Si/c1-6-11-18(26-20(23)13-12-19(22)25-14-7-2)21(24)27-28(15-8-3,16-9-4)17-10-5/h12-13,18H,6-11,14-17H2,1-5H3/b13-12-. The maximum absolute atomic E-state index is 12.8. The molecule has 0 aromatic heterocycles. The lowest BCUT2D eigenvalue weighted by atomic mass is 10.2. The normalized spacial score (nSPS) is 12.6. The zero-order chi connectivity index (χ0) is 21.4. The maximum Gasteiger partial charge on any atom is 0.334 e. The van der Waals surface area contributed by atoms with Crippen LogP contribution in [0.5, 0.6) is 0 Å². The van der Waals surface area contributed by atoms with Gasteiger partial charge in [0, 0.05) is 12.2 Å². The number of carbonyl (C=O) groups is 3. The summed E-state index contributed by atoms with van der Waals surface area (Å²) >= 11 is 0. The average molecular weight is 415 g/mol. The predicted molar refractivity (Wildman–Crippen MR) is 112 cm³/mol. The molecule has 0 heterocycles. The molecule has 0 saturated carbocycles. The van der Waals surface area contributed by atoms with Gasteiger partial charge in [-0.15, -0.1) is 0 Å². The van der Waals surface area contributed by atoms with Crippen LogP contribution in [-0.4, -0.2) is 38.9 Å². The van der Waals surface area contributed by atoms with E-state index in [2.05, 4.69) is 20.8 Å². The number of carbonyl (C=O) groups excluding carboxylic acids is 3. The molecule has 0 bridgehead atoms. The van der Waals surface area contributed by atoms with E-state index < -0.39 is 32.3 Å². The van der Waals surface area contributed by atoms with Gasteiger partial charge in [0.25, 0.3) is 8.32 Å². The molecule has 0 saturated heterocycles. The summed E-state index contributed by atoms with van der Waals surface area (Å²) < 4.78 is 16.2. The van der Waals surface area contributed by atoms with E-state index in [-0.39, 0.29) is 0 Å². The summed E-state index contributed by atoms with van der Waals surface area (Å²) in [4.78, 5) is 36.3. The minimum absolute atomic E-state index is 0.294. The SMILES string of the molecule is CCCOC(=O)/C=C\C(=O)OC(CCC)C(=O)O[Si](CCC)(CCC)CCC. The molecule has 0 aliphatic rings. The fraction of sp³-hybridized carbons (Fsp3) is 0.762. The third kappa shape index (κ3) is 10.6. The van der Waals surface area contributed by atoms with Crippen molar-refractivity contribution in [3.05, 3.63) is 12.2 Å². The molecule has 0 radical (unpaired) electrons. The van der Waals surface area contributed by atoms with Crippen molar-refractivity contribution in [1.29, 1.82) is 0 Å². The van der Waals surface area contributed by atoms with Gasteiger partial charge in [0.1, 0.15) is 0 Å². The number of ether oxygens (including phenoxy) is 2. The molecule has 1 unspecified atom stereocenters. The molecule has 6 nitrogen and oxygen atoms in total.